The van der Waals surface area contributed by atoms with Gasteiger partial charge in [0.15, 0.2) is 11.5 Å². The van der Waals surface area contributed by atoms with Crippen molar-refractivity contribution in [1.82, 2.24) is 9.66 Å². The summed E-state index contributed by atoms with van der Waals surface area (Å²) in [6.07, 6.45) is 6.88. The topological polar surface area (TPSA) is 65.7 Å². The van der Waals surface area contributed by atoms with Gasteiger partial charge in [0.25, 0.3) is 5.56 Å². The van der Waals surface area contributed by atoms with E-state index in [0.29, 0.717) is 34.8 Å². The largest absolute Gasteiger partial charge is 0.490 e. The number of terminal acetylenes is 1. The molecule has 0 aliphatic rings. The maximum absolute atomic E-state index is 13.2. The third-order valence-corrected chi connectivity index (χ3v) is 4.87. The third-order valence-electron chi connectivity index (χ3n) is 4.38. The smallest absolute Gasteiger partial charge is 0.282 e. The monoisotopic (exact) mass is 481 g/mol. The van der Waals surface area contributed by atoms with Crippen molar-refractivity contribution in [3.8, 4) is 23.8 Å². The minimum Gasteiger partial charge on any atom is -0.490 e. The van der Waals surface area contributed by atoms with Gasteiger partial charge in [0.2, 0.25) is 0 Å². The predicted molar refractivity (Wildman–Crippen MR) is 127 cm³/mol. The van der Waals surface area contributed by atoms with Gasteiger partial charge in [0.05, 0.1) is 23.7 Å². The zero-order valence-electron chi connectivity index (χ0n) is 18.0. The zero-order chi connectivity index (χ0) is 22.6. The molecule has 3 aromatic rings. The van der Waals surface area contributed by atoms with E-state index in [-0.39, 0.29) is 17.6 Å². The van der Waals surface area contributed by atoms with Gasteiger partial charge >= 0.3 is 0 Å². The number of nitrogens with zero attached hydrogens (tertiary/aromatic N) is 3. The first-order chi connectivity index (χ1) is 14.7. The van der Waals surface area contributed by atoms with Crippen LogP contribution in [0.5, 0.6) is 11.5 Å². The van der Waals surface area contributed by atoms with E-state index in [1.807, 2.05) is 45.9 Å². The summed E-state index contributed by atoms with van der Waals surface area (Å²) < 4.78 is 13.3. The summed E-state index contributed by atoms with van der Waals surface area (Å²) in [6.45, 7) is 8.50. The molecule has 0 radical (unpaired) electrons. The van der Waals surface area contributed by atoms with Crippen LogP contribution in [0.15, 0.2) is 50.8 Å². The lowest BCUT2D eigenvalue weighted by atomic mass is 9.95. The molecule has 2 aromatic carbocycles. The van der Waals surface area contributed by atoms with Crippen molar-refractivity contribution in [3.63, 3.8) is 0 Å². The molecule has 0 aliphatic heterocycles. The van der Waals surface area contributed by atoms with Crippen molar-refractivity contribution in [2.45, 2.75) is 33.1 Å². The minimum absolute atomic E-state index is 0.149. The molecule has 0 N–H and O–H groups in total. The van der Waals surface area contributed by atoms with Gasteiger partial charge in [-0.15, -0.1) is 6.42 Å². The van der Waals surface area contributed by atoms with Crippen molar-refractivity contribution in [3.05, 3.63) is 62.6 Å². The Balaban J connectivity index is 2.10. The molecule has 1 heterocycles. The van der Waals surface area contributed by atoms with E-state index in [9.17, 15) is 4.79 Å². The Kier molecular flexibility index (Phi) is 6.81. The fourth-order valence-electron chi connectivity index (χ4n) is 2.98. The molecule has 0 aliphatic carbocycles. The molecule has 0 spiro atoms. The van der Waals surface area contributed by atoms with Crippen LogP contribution in [0.3, 0.4) is 0 Å². The first-order valence-corrected chi connectivity index (χ1v) is 10.6. The lowest BCUT2D eigenvalue weighted by molar-refractivity contribution is 0.299. The number of ether oxygens (including phenoxy) is 2. The molecule has 31 heavy (non-hydrogen) atoms. The van der Waals surface area contributed by atoms with Gasteiger partial charge in [-0.3, -0.25) is 4.79 Å². The summed E-state index contributed by atoms with van der Waals surface area (Å²) in [5.74, 6) is 4.13. The van der Waals surface area contributed by atoms with Crippen LogP contribution in [0, 0.1) is 12.3 Å². The normalized spacial score (nSPS) is 11.6. The van der Waals surface area contributed by atoms with Crippen LogP contribution in [0.25, 0.3) is 10.9 Å². The lowest BCUT2D eigenvalue weighted by Crippen LogP contribution is -2.29. The molecule has 0 unspecified atom stereocenters. The number of fused-ring (bicyclic) bond motifs is 1. The fourth-order valence-corrected chi connectivity index (χ4v) is 3.34. The Hall–Kier alpha value is -3.11. The molecule has 3 rings (SSSR count). The second-order valence-corrected chi connectivity index (χ2v) is 8.76. The number of halogens is 1. The first-order valence-electron chi connectivity index (χ1n) is 9.85. The van der Waals surface area contributed by atoms with Crippen LogP contribution in [-0.4, -0.2) is 29.1 Å². The van der Waals surface area contributed by atoms with Gasteiger partial charge in [-0.2, -0.15) is 9.78 Å². The van der Waals surface area contributed by atoms with E-state index < -0.39 is 0 Å². The molecule has 0 saturated heterocycles. The van der Waals surface area contributed by atoms with Gasteiger partial charge in [0, 0.05) is 9.89 Å². The molecule has 7 heteroatoms. The standard InChI is InChI=1S/C24H24BrN3O3/c1-6-12-31-20-11-8-16(13-21(20)30-7-2)15-26-28-22(29)18-14-17(25)9-10-19(18)27-23(28)24(3,4)5/h1,8-11,13-15H,7,12H2,2-5H3. The van der Waals surface area contributed by atoms with Crippen LogP contribution in [-0.2, 0) is 5.41 Å². The van der Waals surface area contributed by atoms with Crippen LogP contribution in [0.1, 0.15) is 39.1 Å². The highest BCUT2D eigenvalue weighted by atomic mass is 79.9. The number of benzene rings is 2. The Morgan fingerprint density at radius 3 is 2.65 bits per heavy atom. The summed E-state index contributed by atoms with van der Waals surface area (Å²) in [6, 6.07) is 10.8. The van der Waals surface area contributed by atoms with E-state index in [0.717, 1.165) is 10.0 Å². The lowest BCUT2D eigenvalue weighted by Gasteiger charge is -2.20. The fraction of sp³-hybridized carbons (Fsp3) is 0.292. The predicted octanol–water partition coefficient (Wildman–Crippen LogP) is 4.75. The van der Waals surface area contributed by atoms with Crippen molar-refractivity contribution in [2.75, 3.05) is 13.2 Å². The molecule has 1 aromatic heterocycles. The zero-order valence-corrected chi connectivity index (χ0v) is 19.6. The Labute approximate surface area is 190 Å². The van der Waals surface area contributed by atoms with Crippen molar-refractivity contribution < 1.29 is 9.47 Å². The molecule has 0 bridgehead atoms. The Bertz CT molecular complexity index is 1230. The molecular weight excluding hydrogens is 458 g/mol. The minimum atomic E-state index is -0.388. The van der Waals surface area contributed by atoms with Gasteiger partial charge in [0.1, 0.15) is 12.4 Å². The number of rotatable bonds is 6. The summed E-state index contributed by atoms with van der Waals surface area (Å²) in [5.41, 5.74) is 0.767. The highest BCUT2D eigenvalue weighted by Crippen LogP contribution is 2.28. The van der Waals surface area contributed by atoms with Crippen molar-refractivity contribution in [2.24, 2.45) is 5.10 Å². The van der Waals surface area contributed by atoms with E-state index in [1.165, 1.54) is 4.68 Å². The quantitative estimate of drug-likeness (QED) is 0.376. The molecule has 6 nitrogen and oxygen atoms in total. The average Bonchev–Trinajstić information content (AvgIpc) is 2.72. The average molecular weight is 482 g/mol. The van der Waals surface area contributed by atoms with Crippen molar-refractivity contribution in [1.29, 1.82) is 0 Å². The van der Waals surface area contributed by atoms with E-state index in [4.69, 9.17) is 20.9 Å². The molecule has 0 fully saturated rings. The number of aromatic nitrogens is 2. The number of hydrogen-bond acceptors (Lipinski definition) is 5. The SMILES string of the molecule is C#CCOc1ccc(C=Nn2c(C(C)(C)C)nc3ccc(Br)cc3c2=O)cc1OCC. The Morgan fingerprint density at radius 2 is 1.97 bits per heavy atom. The Morgan fingerprint density at radius 1 is 1.19 bits per heavy atom. The molecule has 160 valence electrons. The van der Waals surface area contributed by atoms with E-state index in [1.54, 1.807) is 24.4 Å². The first kappa shape index (κ1) is 22.6. The molecule has 0 atom stereocenters. The maximum atomic E-state index is 13.2. The van der Waals surface area contributed by atoms with Crippen LogP contribution < -0.4 is 15.0 Å². The molecule has 0 amide bonds. The third kappa shape index (κ3) is 5.15. The van der Waals surface area contributed by atoms with Gasteiger partial charge in [-0.25, -0.2) is 4.98 Å². The summed E-state index contributed by atoms with van der Waals surface area (Å²) in [4.78, 5) is 18.0. The van der Waals surface area contributed by atoms with E-state index in [2.05, 4.69) is 27.0 Å². The second kappa shape index (κ2) is 9.36. The van der Waals surface area contributed by atoms with Crippen LogP contribution >= 0.6 is 15.9 Å². The summed E-state index contributed by atoms with van der Waals surface area (Å²) >= 11 is 3.42. The highest BCUT2D eigenvalue weighted by molar-refractivity contribution is 9.10. The maximum Gasteiger partial charge on any atom is 0.282 e. The summed E-state index contributed by atoms with van der Waals surface area (Å²) in [5, 5.41) is 4.98. The number of hydrogen-bond donors (Lipinski definition) is 0. The second-order valence-electron chi connectivity index (χ2n) is 7.84. The highest BCUT2D eigenvalue weighted by Gasteiger charge is 2.23. The van der Waals surface area contributed by atoms with E-state index >= 15 is 0 Å². The molecular formula is C24H24BrN3O3. The molecule has 0 saturated carbocycles. The van der Waals surface area contributed by atoms with Crippen LogP contribution in [0.4, 0.5) is 0 Å². The van der Waals surface area contributed by atoms with Gasteiger partial charge < -0.3 is 9.47 Å². The van der Waals surface area contributed by atoms with Crippen molar-refractivity contribution >= 4 is 33.0 Å². The van der Waals surface area contributed by atoms with Gasteiger partial charge in [-0.1, -0.05) is 42.6 Å². The van der Waals surface area contributed by atoms with Gasteiger partial charge in [-0.05, 0) is 48.9 Å². The van der Waals surface area contributed by atoms with Crippen LogP contribution in [0.2, 0.25) is 0 Å². The summed E-state index contributed by atoms with van der Waals surface area (Å²) in [7, 11) is 0.